The standard InChI is InChI=1S/C26H27ClN8O/c1-2-12-28-23-22-24(35(18-29-22)17-19-6-4-3-5-7-19)32-25(31-23)33-13-15-34(16-14-33)26(36)30-21-10-8-20(27)9-11-21/h2-11,18H,1,12-17H2,(H,30,36)(H,28,31,32). The largest absolute Gasteiger partial charge is 0.365 e. The first-order valence-corrected chi connectivity index (χ1v) is 12.2. The molecule has 1 saturated heterocycles. The Balaban J connectivity index is 1.33. The number of fused-ring (bicyclic) bond motifs is 1. The molecule has 0 bridgehead atoms. The normalized spacial score (nSPS) is 13.6. The fraction of sp³-hybridized carbons (Fsp3) is 0.231. The summed E-state index contributed by atoms with van der Waals surface area (Å²) in [6, 6.07) is 17.2. The lowest BCUT2D eigenvalue weighted by atomic mass is 10.2. The second-order valence-electron chi connectivity index (χ2n) is 8.48. The van der Waals surface area contributed by atoms with E-state index in [1.807, 2.05) is 22.8 Å². The molecule has 36 heavy (non-hydrogen) atoms. The first-order valence-electron chi connectivity index (χ1n) is 11.8. The monoisotopic (exact) mass is 502 g/mol. The number of nitrogens with zero attached hydrogens (tertiary/aromatic N) is 6. The number of benzene rings is 2. The van der Waals surface area contributed by atoms with Crippen molar-refractivity contribution in [2.45, 2.75) is 6.54 Å². The van der Waals surface area contributed by atoms with Gasteiger partial charge in [0.2, 0.25) is 5.95 Å². The molecular formula is C26H27ClN8O. The minimum Gasteiger partial charge on any atom is -0.365 e. The van der Waals surface area contributed by atoms with Crippen LogP contribution in [0, 0.1) is 0 Å². The van der Waals surface area contributed by atoms with Crippen LogP contribution in [0.25, 0.3) is 11.2 Å². The number of rotatable bonds is 7. The number of urea groups is 1. The number of nitrogens with one attached hydrogen (secondary N) is 2. The molecule has 0 spiro atoms. The Morgan fingerprint density at radius 1 is 1.03 bits per heavy atom. The molecule has 2 N–H and O–H groups in total. The molecule has 2 aromatic carbocycles. The molecule has 4 aromatic rings. The van der Waals surface area contributed by atoms with Gasteiger partial charge in [-0.3, -0.25) is 0 Å². The predicted molar refractivity (Wildman–Crippen MR) is 144 cm³/mol. The zero-order valence-corrected chi connectivity index (χ0v) is 20.5. The average Bonchev–Trinajstić information content (AvgIpc) is 3.32. The zero-order valence-electron chi connectivity index (χ0n) is 19.8. The van der Waals surface area contributed by atoms with Gasteiger partial charge in [0.25, 0.3) is 0 Å². The summed E-state index contributed by atoms with van der Waals surface area (Å²) in [7, 11) is 0. The van der Waals surface area contributed by atoms with Crippen molar-refractivity contribution in [1.82, 2.24) is 24.4 Å². The fourth-order valence-electron chi connectivity index (χ4n) is 4.11. The Bertz CT molecular complexity index is 1350. The first kappa shape index (κ1) is 23.6. The summed E-state index contributed by atoms with van der Waals surface area (Å²) in [5, 5.41) is 6.85. The van der Waals surface area contributed by atoms with Crippen LogP contribution in [0.15, 0.2) is 73.6 Å². The molecule has 5 rings (SSSR count). The summed E-state index contributed by atoms with van der Waals surface area (Å²) in [6.07, 6.45) is 3.58. The van der Waals surface area contributed by atoms with Gasteiger partial charge in [0.05, 0.1) is 12.9 Å². The summed E-state index contributed by atoms with van der Waals surface area (Å²) in [4.78, 5) is 30.9. The van der Waals surface area contributed by atoms with Crippen LogP contribution in [0.3, 0.4) is 0 Å². The van der Waals surface area contributed by atoms with E-state index in [1.54, 1.807) is 41.6 Å². The van der Waals surface area contributed by atoms with Crippen LogP contribution in [0.1, 0.15) is 5.56 Å². The second kappa shape index (κ2) is 10.7. The number of hydrogen-bond acceptors (Lipinski definition) is 6. The van der Waals surface area contributed by atoms with E-state index >= 15 is 0 Å². The highest BCUT2D eigenvalue weighted by Gasteiger charge is 2.24. The summed E-state index contributed by atoms with van der Waals surface area (Å²) < 4.78 is 2.03. The number of amides is 2. The van der Waals surface area contributed by atoms with Gasteiger partial charge in [-0.1, -0.05) is 48.0 Å². The zero-order chi connectivity index (χ0) is 24.9. The summed E-state index contributed by atoms with van der Waals surface area (Å²) in [6.45, 7) is 7.37. The molecular weight excluding hydrogens is 476 g/mol. The van der Waals surface area contributed by atoms with Crippen LogP contribution in [-0.4, -0.2) is 63.2 Å². The van der Waals surface area contributed by atoms with Crippen molar-refractivity contribution < 1.29 is 4.79 Å². The van der Waals surface area contributed by atoms with E-state index in [-0.39, 0.29) is 6.03 Å². The maximum atomic E-state index is 12.7. The maximum absolute atomic E-state index is 12.7. The lowest BCUT2D eigenvalue weighted by Gasteiger charge is -2.34. The minimum absolute atomic E-state index is 0.136. The van der Waals surface area contributed by atoms with Crippen molar-refractivity contribution >= 4 is 46.2 Å². The molecule has 0 saturated carbocycles. The molecule has 0 unspecified atom stereocenters. The van der Waals surface area contributed by atoms with E-state index in [0.29, 0.717) is 61.7 Å². The second-order valence-corrected chi connectivity index (χ2v) is 8.92. The van der Waals surface area contributed by atoms with Crippen molar-refractivity contribution in [2.24, 2.45) is 0 Å². The third kappa shape index (κ3) is 5.26. The minimum atomic E-state index is -0.136. The van der Waals surface area contributed by atoms with Crippen molar-refractivity contribution in [2.75, 3.05) is 48.3 Å². The summed E-state index contributed by atoms with van der Waals surface area (Å²) >= 11 is 5.93. The summed E-state index contributed by atoms with van der Waals surface area (Å²) in [5.41, 5.74) is 3.36. The lowest BCUT2D eigenvalue weighted by Crippen LogP contribution is -2.50. The quantitative estimate of drug-likeness (QED) is 0.362. The molecule has 184 valence electrons. The Hall–Kier alpha value is -4.11. The van der Waals surface area contributed by atoms with E-state index in [2.05, 4.69) is 39.2 Å². The predicted octanol–water partition coefficient (Wildman–Crippen LogP) is 4.48. The van der Waals surface area contributed by atoms with Gasteiger partial charge in [-0.25, -0.2) is 9.78 Å². The van der Waals surface area contributed by atoms with Crippen molar-refractivity contribution in [1.29, 1.82) is 0 Å². The number of imidazole rings is 1. The molecule has 2 aromatic heterocycles. The lowest BCUT2D eigenvalue weighted by molar-refractivity contribution is 0.208. The average molecular weight is 503 g/mol. The first-order chi connectivity index (χ1) is 17.6. The highest BCUT2D eigenvalue weighted by molar-refractivity contribution is 6.30. The topological polar surface area (TPSA) is 91.2 Å². The van der Waals surface area contributed by atoms with E-state index in [1.165, 1.54) is 0 Å². The number of carbonyl (C=O) groups is 1. The number of piperazine rings is 1. The van der Waals surface area contributed by atoms with Gasteiger partial charge in [-0.05, 0) is 29.8 Å². The van der Waals surface area contributed by atoms with E-state index in [0.717, 1.165) is 16.7 Å². The Kier molecular flexibility index (Phi) is 6.99. The number of halogens is 1. The molecule has 9 nitrogen and oxygen atoms in total. The third-order valence-electron chi connectivity index (χ3n) is 6.01. The molecule has 10 heteroatoms. The third-order valence-corrected chi connectivity index (χ3v) is 6.26. The molecule has 3 heterocycles. The molecule has 0 atom stereocenters. The van der Waals surface area contributed by atoms with Gasteiger partial charge >= 0.3 is 6.03 Å². The van der Waals surface area contributed by atoms with Crippen LogP contribution in [-0.2, 0) is 6.54 Å². The van der Waals surface area contributed by atoms with Crippen LogP contribution < -0.4 is 15.5 Å². The van der Waals surface area contributed by atoms with Gasteiger partial charge in [0, 0.05) is 43.4 Å². The van der Waals surface area contributed by atoms with Crippen LogP contribution in [0.5, 0.6) is 0 Å². The van der Waals surface area contributed by atoms with Crippen molar-refractivity contribution in [3.63, 3.8) is 0 Å². The smallest absolute Gasteiger partial charge is 0.321 e. The van der Waals surface area contributed by atoms with Crippen molar-refractivity contribution in [3.05, 3.63) is 84.2 Å². The van der Waals surface area contributed by atoms with Crippen LogP contribution in [0.2, 0.25) is 5.02 Å². The Morgan fingerprint density at radius 2 is 1.78 bits per heavy atom. The fourth-order valence-corrected chi connectivity index (χ4v) is 4.23. The van der Waals surface area contributed by atoms with Crippen LogP contribution in [0.4, 0.5) is 22.2 Å². The number of carbonyl (C=O) groups excluding carboxylic acids is 1. The number of anilines is 3. The number of hydrogen-bond donors (Lipinski definition) is 2. The SMILES string of the molecule is C=CCNc1nc(N2CCN(C(=O)Nc3ccc(Cl)cc3)CC2)nc2c1ncn2Cc1ccccc1. The van der Waals surface area contributed by atoms with Gasteiger partial charge in [-0.2, -0.15) is 9.97 Å². The maximum Gasteiger partial charge on any atom is 0.321 e. The Morgan fingerprint density at radius 3 is 2.50 bits per heavy atom. The molecule has 1 fully saturated rings. The Labute approximate surface area is 214 Å². The van der Waals surface area contributed by atoms with E-state index in [4.69, 9.17) is 21.6 Å². The molecule has 1 aliphatic heterocycles. The van der Waals surface area contributed by atoms with Crippen LogP contribution >= 0.6 is 11.6 Å². The highest BCUT2D eigenvalue weighted by Crippen LogP contribution is 2.24. The summed E-state index contributed by atoms with van der Waals surface area (Å²) in [5.74, 6) is 1.28. The highest BCUT2D eigenvalue weighted by atomic mass is 35.5. The van der Waals surface area contributed by atoms with Gasteiger partial charge in [0.15, 0.2) is 17.0 Å². The molecule has 1 aliphatic rings. The molecule has 0 radical (unpaired) electrons. The van der Waals surface area contributed by atoms with E-state index in [9.17, 15) is 4.79 Å². The van der Waals surface area contributed by atoms with E-state index < -0.39 is 0 Å². The number of aromatic nitrogens is 4. The van der Waals surface area contributed by atoms with Gasteiger partial charge < -0.3 is 25.0 Å². The molecule has 2 amide bonds. The van der Waals surface area contributed by atoms with Gasteiger partial charge in [-0.15, -0.1) is 6.58 Å². The van der Waals surface area contributed by atoms with Crippen molar-refractivity contribution in [3.8, 4) is 0 Å². The van der Waals surface area contributed by atoms with Gasteiger partial charge in [0.1, 0.15) is 0 Å². The molecule has 0 aliphatic carbocycles.